The zero-order valence-electron chi connectivity index (χ0n) is 9.32. The molecule has 1 N–H and O–H groups in total. The highest BCUT2D eigenvalue weighted by atomic mass is 79.9. The minimum atomic E-state index is -0.276. The van der Waals surface area contributed by atoms with Crippen molar-refractivity contribution in [3.8, 4) is 6.07 Å². The Labute approximate surface area is 112 Å². The highest BCUT2D eigenvalue weighted by Gasteiger charge is 2.03. The molecule has 2 aromatic rings. The van der Waals surface area contributed by atoms with Crippen LogP contribution in [0.4, 0.5) is 10.2 Å². The van der Waals surface area contributed by atoms with Crippen LogP contribution in [0.5, 0.6) is 0 Å². The summed E-state index contributed by atoms with van der Waals surface area (Å²) < 4.78 is 14.3. The van der Waals surface area contributed by atoms with E-state index in [0.717, 1.165) is 4.47 Å². The Kier molecular flexibility index (Phi) is 3.90. The Morgan fingerprint density at radius 1 is 1.33 bits per heavy atom. The molecule has 0 saturated heterocycles. The monoisotopic (exact) mass is 305 g/mol. The number of benzene rings is 1. The van der Waals surface area contributed by atoms with Gasteiger partial charge in [0.1, 0.15) is 23.4 Å². The van der Waals surface area contributed by atoms with E-state index in [4.69, 9.17) is 5.26 Å². The van der Waals surface area contributed by atoms with Gasteiger partial charge in [-0.15, -0.1) is 0 Å². The summed E-state index contributed by atoms with van der Waals surface area (Å²) in [6, 6.07) is 11.8. The lowest BCUT2D eigenvalue weighted by Crippen LogP contribution is -2.03. The average molecular weight is 306 g/mol. The number of aromatic nitrogens is 1. The lowest BCUT2D eigenvalue weighted by Gasteiger charge is -2.07. The quantitative estimate of drug-likeness (QED) is 0.944. The number of nitriles is 1. The number of halogens is 2. The van der Waals surface area contributed by atoms with E-state index in [1.807, 2.05) is 6.07 Å². The van der Waals surface area contributed by atoms with Gasteiger partial charge in [-0.05, 0) is 30.3 Å². The fourth-order valence-corrected chi connectivity index (χ4v) is 1.87. The van der Waals surface area contributed by atoms with E-state index in [-0.39, 0.29) is 5.82 Å². The first-order valence-electron chi connectivity index (χ1n) is 5.24. The summed E-state index contributed by atoms with van der Waals surface area (Å²) >= 11 is 3.29. The summed E-state index contributed by atoms with van der Waals surface area (Å²) in [6.07, 6.45) is 0. The SMILES string of the molecule is N#Cc1cccc(NCc2cc(Br)ccc2F)n1. The minimum absolute atomic E-state index is 0.276. The summed E-state index contributed by atoms with van der Waals surface area (Å²) in [5, 5.41) is 11.7. The Bertz CT molecular complexity index is 607. The van der Waals surface area contributed by atoms with Gasteiger partial charge in [0, 0.05) is 16.6 Å². The zero-order chi connectivity index (χ0) is 13.0. The molecule has 18 heavy (non-hydrogen) atoms. The highest BCUT2D eigenvalue weighted by molar-refractivity contribution is 9.10. The molecule has 0 atom stereocenters. The number of hydrogen-bond acceptors (Lipinski definition) is 3. The summed E-state index contributed by atoms with van der Waals surface area (Å²) in [5.74, 6) is 0.274. The van der Waals surface area contributed by atoms with Crippen LogP contribution in [-0.4, -0.2) is 4.98 Å². The largest absolute Gasteiger partial charge is 0.366 e. The molecular weight excluding hydrogens is 297 g/mol. The number of nitrogens with one attached hydrogen (secondary N) is 1. The van der Waals surface area contributed by atoms with Crippen LogP contribution in [0.2, 0.25) is 0 Å². The van der Waals surface area contributed by atoms with Crippen LogP contribution in [0.1, 0.15) is 11.3 Å². The second kappa shape index (κ2) is 5.61. The number of anilines is 1. The second-order valence-corrected chi connectivity index (χ2v) is 4.52. The Morgan fingerprint density at radius 2 is 2.17 bits per heavy atom. The van der Waals surface area contributed by atoms with Crippen LogP contribution in [-0.2, 0) is 6.54 Å². The van der Waals surface area contributed by atoms with Crippen LogP contribution < -0.4 is 5.32 Å². The Hall–Kier alpha value is -1.93. The molecule has 1 heterocycles. The average Bonchev–Trinajstić information content (AvgIpc) is 2.40. The van der Waals surface area contributed by atoms with Crippen LogP contribution in [0.15, 0.2) is 40.9 Å². The highest BCUT2D eigenvalue weighted by Crippen LogP contribution is 2.16. The van der Waals surface area contributed by atoms with E-state index in [1.165, 1.54) is 6.07 Å². The zero-order valence-corrected chi connectivity index (χ0v) is 10.9. The van der Waals surface area contributed by atoms with E-state index >= 15 is 0 Å². The van der Waals surface area contributed by atoms with Gasteiger partial charge in [-0.3, -0.25) is 0 Å². The van der Waals surface area contributed by atoms with E-state index in [2.05, 4.69) is 26.2 Å². The lowest BCUT2D eigenvalue weighted by molar-refractivity contribution is 0.612. The van der Waals surface area contributed by atoms with Gasteiger partial charge in [0.05, 0.1) is 0 Å². The summed E-state index contributed by atoms with van der Waals surface area (Å²) in [6.45, 7) is 0.313. The topological polar surface area (TPSA) is 48.7 Å². The first-order valence-corrected chi connectivity index (χ1v) is 6.03. The van der Waals surface area contributed by atoms with Crippen molar-refractivity contribution < 1.29 is 4.39 Å². The maximum atomic E-state index is 13.5. The molecule has 0 aliphatic rings. The smallest absolute Gasteiger partial charge is 0.142 e. The normalized spacial score (nSPS) is 9.83. The van der Waals surface area contributed by atoms with Crippen LogP contribution in [0.3, 0.4) is 0 Å². The van der Waals surface area contributed by atoms with Gasteiger partial charge in [-0.25, -0.2) is 9.37 Å². The fraction of sp³-hybridized carbons (Fsp3) is 0.0769. The number of nitrogens with zero attached hydrogens (tertiary/aromatic N) is 2. The summed E-state index contributed by atoms with van der Waals surface area (Å²) in [4.78, 5) is 4.05. The predicted molar refractivity (Wildman–Crippen MR) is 70.4 cm³/mol. The van der Waals surface area contributed by atoms with Crippen molar-refractivity contribution in [1.82, 2.24) is 4.98 Å². The van der Waals surface area contributed by atoms with Gasteiger partial charge < -0.3 is 5.32 Å². The molecule has 0 aliphatic carbocycles. The molecule has 0 spiro atoms. The molecule has 0 saturated carbocycles. The third kappa shape index (κ3) is 3.05. The van der Waals surface area contributed by atoms with Gasteiger partial charge in [-0.2, -0.15) is 5.26 Å². The van der Waals surface area contributed by atoms with Crippen molar-refractivity contribution in [2.45, 2.75) is 6.54 Å². The Morgan fingerprint density at radius 3 is 2.94 bits per heavy atom. The van der Waals surface area contributed by atoms with Crippen molar-refractivity contribution >= 4 is 21.7 Å². The maximum absolute atomic E-state index is 13.5. The standard InChI is InChI=1S/C13H9BrFN3/c14-10-4-5-12(15)9(6-10)8-17-13-3-1-2-11(7-16)18-13/h1-6H,8H2,(H,17,18). The van der Waals surface area contributed by atoms with Gasteiger partial charge in [0.15, 0.2) is 0 Å². The van der Waals surface area contributed by atoms with Gasteiger partial charge in [0.2, 0.25) is 0 Å². The van der Waals surface area contributed by atoms with Crippen molar-refractivity contribution in [1.29, 1.82) is 5.26 Å². The van der Waals surface area contributed by atoms with Gasteiger partial charge in [0.25, 0.3) is 0 Å². The molecule has 0 fully saturated rings. The molecule has 0 unspecified atom stereocenters. The molecule has 1 aromatic carbocycles. The maximum Gasteiger partial charge on any atom is 0.142 e. The molecular formula is C13H9BrFN3. The van der Waals surface area contributed by atoms with Gasteiger partial charge >= 0.3 is 0 Å². The first-order chi connectivity index (χ1) is 8.69. The second-order valence-electron chi connectivity index (χ2n) is 3.61. The van der Waals surface area contributed by atoms with Crippen molar-refractivity contribution in [3.05, 3.63) is 57.9 Å². The van der Waals surface area contributed by atoms with Crippen LogP contribution in [0.25, 0.3) is 0 Å². The molecule has 1 aromatic heterocycles. The van der Waals surface area contributed by atoms with Crippen molar-refractivity contribution in [3.63, 3.8) is 0 Å². The molecule has 0 amide bonds. The lowest BCUT2D eigenvalue weighted by atomic mass is 10.2. The van der Waals surface area contributed by atoms with E-state index in [0.29, 0.717) is 23.6 Å². The van der Waals surface area contributed by atoms with Crippen LogP contribution in [0, 0.1) is 17.1 Å². The molecule has 2 rings (SSSR count). The number of pyridine rings is 1. The number of hydrogen-bond donors (Lipinski definition) is 1. The van der Waals surface area contributed by atoms with Crippen molar-refractivity contribution in [2.75, 3.05) is 5.32 Å². The third-order valence-electron chi connectivity index (χ3n) is 2.33. The predicted octanol–water partition coefficient (Wildman–Crippen LogP) is 3.47. The molecule has 0 aliphatic heterocycles. The third-order valence-corrected chi connectivity index (χ3v) is 2.82. The van der Waals surface area contributed by atoms with Crippen LogP contribution >= 0.6 is 15.9 Å². The first kappa shape index (κ1) is 12.5. The summed E-state index contributed by atoms with van der Waals surface area (Å²) in [5.41, 5.74) is 0.864. The molecule has 5 heteroatoms. The van der Waals surface area contributed by atoms with Gasteiger partial charge in [-0.1, -0.05) is 22.0 Å². The van der Waals surface area contributed by atoms with E-state index < -0.39 is 0 Å². The fourth-order valence-electron chi connectivity index (χ4n) is 1.46. The summed E-state index contributed by atoms with van der Waals surface area (Å²) in [7, 11) is 0. The molecule has 90 valence electrons. The molecule has 0 bridgehead atoms. The van der Waals surface area contributed by atoms with E-state index in [9.17, 15) is 4.39 Å². The number of rotatable bonds is 3. The molecule has 0 radical (unpaired) electrons. The Balaban J connectivity index is 2.11. The van der Waals surface area contributed by atoms with E-state index in [1.54, 1.807) is 30.3 Å². The minimum Gasteiger partial charge on any atom is -0.366 e. The molecule has 3 nitrogen and oxygen atoms in total. The van der Waals surface area contributed by atoms with Crippen molar-refractivity contribution in [2.24, 2.45) is 0 Å².